The van der Waals surface area contributed by atoms with Gasteiger partial charge < -0.3 is 14.9 Å². The second kappa shape index (κ2) is 7.78. The Kier molecular flexibility index (Phi) is 6.27. The molecule has 1 amide bonds. The van der Waals surface area contributed by atoms with Crippen LogP contribution in [0.4, 0.5) is 0 Å². The molecule has 4 heteroatoms. The zero-order chi connectivity index (χ0) is 16.2. The van der Waals surface area contributed by atoms with E-state index in [4.69, 9.17) is 0 Å². The number of carbonyl (C=O) groups is 1. The predicted octanol–water partition coefficient (Wildman–Crippen LogP) is 2.51. The lowest BCUT2D eigenvalue weighted by atomic mass is 9.91. The molecule has 0 aliphatic carbocycles. The summed E-state index contributed by atoms with van der Waals surface area (Å²) in [5, 5.41) is 10.5. The summed E-state index contributed by atoms with van der Waals surface area (Å²) in [7, 11) is 0. The minimum atomic E-state index is -0.556. The molecule has 0 saturated carbocycles. The fourth-order valence-corrected chi connectivity index (χ4v) is 3.88. The molecular weight excluding hydrogens is 276 g/mol. The Labute approximate surface area is 135 Å². The Hall–Kier alpha value is -0.610. The van der Waals surface area contributed by atoms with Crippen LogP contribution in [0.15, 0.2) is 0 Å². The Balaban J connectivity index is 1.80. The Morgan fingerprint density at radius 1 is 1.14 bits per heavy atom. The lowest BCUT2D eigenvalue weighted by Gasteiger charge is -2.39. The molecule has 1 atom stereocenters. The molecule has 0 aromatic rings. The van der Waals surface area contributed by atoms with Crippen molar-refractivity contribution in [3.05, 3.63) is 0 Å². The molecule has 0 spiro atoms. The van der Waals surface area contributed by atoms with Crippen molar-refractivity contribution in [1.29, 1.82) is 0 Å². The van der Waals surface area contributed by atoms with E-state index in [1.165, 1.54) is 6.42 Å². The van der Waals surface area contributed by atoms with Gasteiger partial charge in [0.2, 0.25) is 5.91 Å². The van der Waals surface area contributed by atoms with Crippen molar-refractivity contribution in [3.8, 4) is 0 Å². The van der Waals surface area contributed by atoms with Crippen LogP contribution in [0.1, 0.15) is 59.3 Å². The van der Waals surface area contributed by atoms with Crippen molar-refractivity contribution in [1.82, 2.24) is 9.80 Å². The van der Waals surface area contributed by atoms with E-state index in [0.29, 0.717) is 11.8 Å². The Morgan fingerprint density at radius 3 is 2.32 bits per heavy atom. The summed E-state index contributed by atoms with van der Waals surface area (Å²) in [6, 6.07) is 0. The van der Waals surface area contributed by atoms with E-state index in [1.807, 2.05) is 0 Å². The van der Waals surface area contributed by atoms with Gasteiger partial charge in [-0.25, -0.2) is 0 Å². The van der Waals surface area contributed by atoms with Crippen LogP contribution in [0, 0.1) is 11.8 Å². The number of carbonyl (C=O) groups excluding carboxylic acids is 1. The average molecular weight is 310 g/mol. The zero-order valence-electron chi connectivity index (χ0n) is 14.7. The van der Waals surface area contributed by atoms with Gasteiger partial charge in [0.25, 0.3) is 0 Å². The first-order chi connectivity index (χ1) is 10.5. The van der Waals surface area contributed by atoms with Gasteiger partial charge in [-0.2, -0.15) is 0 Å². The van der Waals surface area contributed by atoms with Crippen molar-refractivity contribution in [3.63, 3.8) is 0 Å². The van der Waals surface area contributed by atoms with Crippen LogP contribution in [-0.2, 0) is 4.79 Å². The monoisotopic (exact) mass is 310 g/mol. The molecule has 2 heterocycles. The standard InChI is InChI=1S/C18H34N2O2/c1-4-18(22,5-2)14-19-11-8-16(9-12-19)17(21)20-10-6-7-15(3)13-20/h15-16,22H,4-14H2,1-3H3. The average Bonchev–Trinajstić information content (AvgIpc) is 2.55. The molecular formula is C18H34N2O2. The molecule has 0 bridgehead atoms. The number of aliphatic hydroxyl groups is 1. The third kappa shape index (κ3) is 4.45. The van der Waals surface area contributed by atoms with Gasteiger partial charge in [-0.3, -0.25) is 4.79 Å². The van der Waals surface area contributed by atoms with Gasteiger partial charge in [-0.15, -0.1) is 0 Å². The maximum Gasteiger partial charge on any atom is 0.225 e. The van der Waals surface area contributed by atoms with Crippen molar-refractivity contribution in [2.24, 2.45) is 11.8 Å². The summed E-state index contributed by atoms with van der Waals surface area (Å²) in [5.41, 5.74) is -0.556. The van der Waals surface area contributed by atoms with Crippen molar-refractivity contribution in [2.75, 3.05) is 32.7 Å². The van der Waals surface area contributed by atoms with E-state index in [0.717, 1.165) is 64.8 Å². The number of rotatable bonds is 5. The van der Waals surface area contributed by atoms with E-state index in [2.05, 4.69) is 30.6 Å². The first kappa shape index (κ1) is 17.7. The molecule has 2 fully saturated rings. The maximum absolute atomic E-state index is 12.7. The topological polar surface area (TPSA) is 43.8 Å². The molecule has 2 aliphatic heterocycles. The maximum atomic E-state index is 12.7. The Bertz CT molecular complexity index is 360. The summed E-state index contributed by atoms with van der Waals surface area (Å²) >= 11 is 0. The molecule has 2 saturated heterocycles. The van der Waals surface area contributed by atoms with Crippen LogP contribution in [0.5, 0.6) is 0 Å². The summed E-state index contributed by atoms with van der Waals surface area (Å²) in [6.07, 6.45) is 5.92. The van der Waals surface area contributed by atoms with Crippen molar-refractivity contribution in [2.45, 2.75) is 64.9 Å². The zero-order valence-corrected chi connectivity index (χ0v) is 14.7. The van der Waals surface area contributed by atoms with E-state index < -0.39 is 5.60 Å². The molecule has 1 unspecified atom stereocenters. The molecule has 128 valence electrons. The molecule has 0 aromatic heterocycles. The van der Waals surface area contributed by atoms with E-state index >= 15 is 0 Å². The van der Waals surface area contributed by atoms with Gasteiger partial charge in [0.1, 0.15) is 0 Å². The molecule has 4 nitrogen and oxygen atoms in total. The fraction of sp³-hybridized carbons (Fsp3) is 0.944. The van der Waals surface area contributed by atoms with Crippen LogP contribution in [0.25, 0.3) is 0 Å². The fourth-order valence-electron chi connectivity index (χ4n) is 3.88. The Morgan fingerprint density at radius 2 is 1.77 bits per heavy atom. The first-order valence-corrected chi connectivity index (χ1v) is 9.21. The van der Waals surface area contributed by atoms with Gasteiger partial charge in [0, 0.05) is 25.6 Å². The highest BCUT2D eigenvalue weighted by molar-refractivity contribution is 5.79. The third-order valence-electron chi connectivity index (χ3n) is 5.74. The summed E-state index contributed by atoms with van der Waals surface area (Å²) in [6.45, 7) is 10.9. The van der Waals surface area contributed by atoms with Crippen molar-refractivity contribution < 1.29 is 9.90 Å². The van der Waals surface area contributed by atoms with Crippen LogP contribution in [-0.4, -0.2) is 59.1 Å². The number of piperidine rings is 2. The number of hydrogen-bond donors (Lipinski definition) is 1. The van der Waals surface area contributed by atoms with Gasteiger partial charge in [0.05, 0.1) is 5.60 Å². The second-order valence-corrected chi connectivity index (χ2v) is 7.51. The molecule has 2 aliphatic rings. The predicted molar refractivity (Wildman–Crippen MR) is 89.7 cm³/mol. The van der Waals surface area contributed by atoms with E-state index in [9.17, 15) is 9.90 Å². The molecule has 22 heavy (non-hydrogen) atoms. The van der Waals surface area contributed by atoms with Crippen molar-refractivity contribution >= 4 is 5.91 Å². The smallest absolute Gasteiger partial charge is 0.225 e. The van der Waals surface area contributed by atoms with Crippen LogP contribution in [0.2, 0.25) is 0 Å². The number of amides is 1. The third-order valence-corrected chi connectivity index (χ3v) is 5.74. The number of hydrogen-bond acceptors (Lipinski definition) is 3. The highest BCUT2D eigenvalue weighted by atomic mass is 16.3. The highest BCUT2D eigenvalue weighted by Gasteiger charge is 2.33. The second-order valence-electron chi connectivity index (χ2n) is 7.51. The van der Waals surface area contributed by atoms with Gasteiger partial charge in [-0.05, 0) is 57.5 Å². The lowest BCUT2D eigenvalue weighted by Crippen LogP contribution is -2.49. The van der Waals surface area contributed by atoms with E-state index in [-0.39, 0.29) is 5.92 Å². The van der Waals surface area contributed by atoms with Gasteiger partial charge in [-0.1, -0.05) is 20.8 Å². The largest absolute Gasteiger partial charge is 0.389 e. The number of likely N-dealkylation sites (tertiary alicyclic amines) is 2. The summed E-state index contributed by atoms with van der Waals surface area (Å²) < 4.78 is 0. The normalized spacial score (nSPS) is 25.5. The highest BCUT2D eigenvalue weighted by Crippen LogP contribution is 2.25. The molecule has 1 N–H and O–H groups in total. The summed E-state index contributed by atoms with van der Waals surface area (Å²) in [5.74, 6) is 1.24. The molecule has 0 aromatic carbocycles. The van der Waals surface area contributed by atoms with Crippen LogP contribution in [0.3, 0.4) is 0 Å². The van der Waals surface area contributed by atoms with Gasteiger partial charge >= 0.3 is 0 Å². The van der Waals surface area contributed by atoms with Gasteiger partial charge in [0.15, 0.2) is 0 Å². The van der Waals surface area contributed by atoms with Crippen LogP contribution >= 0.6 is 0 Å². The first-order valence-electron chi connectivity index (χ1n) is 9.21. The van der Waals surface area contributed by atoms with Crippen LogP contribution < -0.4 is 0 Å². The SMILES string of the molecule is CCC(O)(CC)CN1CCC(C(=O)N2CCCC(C)C2)CC1. The quantitative estimate of drug-likeness (QED) is 0.848. The number of β-amino-alcohol motifs (C(OH)–C–C–N with tert-alkyl or cyclic N) is 1. The molecule has 2 rings (SSSR count). The molecule has 0 radical (unpaired) electrons. The number of nitrogens with zero attached hydrogens (tertiary/aromatic N) is 2. The minimum Gasteiger partial charge on any atom is -0.389 e. The lowest BCUT2D eigenvalue weighted by molar-refractivity contribution is -0.139. The van der Waals surface area contributed by atoms with E-state index in [1.54, 1.807) is 0 Å². The summed E-state index contributed by atoms with van der Waals surface area (Å²) in [4.78, 5) is 17.1. The minimum absolute atomic E-state index is 0.206.